The molecule has 0 aliphatic carbocycles. The topological polar surface area (TPSA) is 35.5 Å². The summed E-state index contributed by atoms with van der Waals surface area (Å²) in [4.78, 5) is 0. The van der Waals surface area contributed by atoms with Crippen LogP contribution in [0.15, 0.2) is 22.5 Å². The molecule has 0 saturated heterocycles. The summed E-state index contributed by atoms with van der Waals surface area (Å²) in [5, 5.41) is 0.454. The average molecular weight is 267 g/mol. The molecule has 0 unspecified atom stereocenters. The average Bonchev–Trinajstić information content (AvgIpc) is 2.28. The maximum Gasteiger partial charge on any atom is 0.355 e. The lowest BCUT2D eigenvalue weighted by molar-refractivity contribution is 0.286. The van der Waals surface area contributed by atoms with E-state index < -0.39 is 7.60 Å². The highest BCUT2D eigenvalue weighted by Gasteiger charge is 2.19. The van der Waals surface area contributed by atoms with Crippen molar-refractivity contribution in [3.05, 3.63) is 22.5 Å². The molecule has 0 N–H and O–H groups in total. The summed E-state index contributed by atoms with van der Waals surface area (Å²) in [5.41, 5.74) is 0.987. The predicted molar refractivity (Wildman–Crippen MR) is 68.8 cm³/mol. The zero-order valence-electron chi connectivity index (χ0n) is 10.3. The van der Waals surface area contributed by atoms with Crippen LogP contribution in [-0.4, -0.2) is 14.2 Å². The van der Waals surface area contributed by atoms with Crippen LogP contribution in [0, 0.1) is 0 Å². The second kappa shape index (κ2) is 8.08. The van der Waals surface area contributed by atoms with E-state index in [4.69, 9.17) is 20.6 Å². The molecule has 0 amide bonds. The summed E-state index contributed by atoms with van der Waals surface area (Å²) in [6.07, 6.45) is 4.76. The predicted octanol–water partition coefficient (Wildman–Crippen LogP) is 4.69. The highest BCUT2D eigenvalue weighted by Crippen LogP contribution is 2.50. The molecule has 0 aliphatic heterocycles. The lowest BCUT2D eigenvalue weighted by Gasteiger charge is -2.11. The van der Waals surface area contributed by atoms with Gasteiger partial charge in [-0.1, -0.05) is 37.9 Å². The first-order chi connectivity index (χ1) is 7.52. The van der Waals surface area contributed by atoms with E-state index in [1.807, 2.05) is 13.0 Å². The van der Waals surface area contributed by atoms with Gasteiger partial charge in [-0.15, -0.1) is 0 Å². The molecule has 0 radical (unpaired) electrons. The van der Waals surface area contributed by atoms with Crippen molar-refractivity contribution in [3.8, 4) is 0 Å². The SMILES string of the molecule is CC/C=C(CCC)/C(Cl)=C/P(=O)(OC)OC. The van der Waals surface area contributed by atoms with Crippen LogP contribution in [0.4, 0.5) is 0 Å². The Morgan fingerprint density at radius 2 is 1.88 bits per heavy atom. The van der Waals surface area contributed by atoms with Gasteiger partial charge < -0.3 is 9.05 Å². The highest BCUT2D eigenvalue weighted by atomic mass is 35.5. The molecule has 0 aromatic heterocycles. The van der Waals surface area contributed by atoms with Gasteiger partial charge in [0, 0.05) is 20.0 Å². The molecule has 0 rings (SSSR count). The van der Waals surface area contributed by atoms with Gasteiger partial charge in [-0.05, 0) is 18.4 Å². The summed E-state index contributed by atoms with van der Waals surface area (Å²) in [5.74, 6) is 1.37. The van der Waals surface area contributed by atoms with Gasteiger partial charge in [-0.2, -0.15) is 0 Å². The monoisotopic (exact) mass is 266 g/mol. The second-order valence-corrected chi connectivity index (χ2v) is 5.74. The summed E-state index contributed by atoms with van der Waals surface area (Å²) in [6, 6.07) is 0. The fourth-order valence-electron chi connectivity index (χ4n) is 1.24. The molecule has 16 heavy (non-hydrogen) atoms. The Hall–Kier alpha value is -0.0800. The Labute approximate surface area is 103 Å². The van der Waals surface area contributed by atoms with Gasteiger partial charge >= 0.3 is 7.60 Å². The van der Waals surface area contributed by atoms with Gasteiger partial charge in [0.15, 0.2) is 0 Å². The third-order valence-corrected chi connectivity index (χ3v) is 4.15. The Balaban J connectivity index is 4.99. The minimum atomic E-state index is -3.17. The van der Waals surface area contributed by atoms with E-state index in [0.717, 1.165) is 24.8 Å². The van der Waals surface area contributed by atoms with E-state index >= 15 is 0 Å². The van der Waals surface area contributed by atoms with E-state index in [-0.39, 0.29) is 0 Å². The molecule has 0 fully saturated rings. The summed E-state index contributed by atoms with van der Waals surface area (Å²) < 4.78 is 21.5. The first kappa shape index (κ1) is 15.9. The zero-order chi connectivity index (χ0) is 12.6. The maximum atomic E-state index is 11.8. The smallest absolute Gasteiger partial charge is 0.309 e. The van der Waals surface area contributed by atoms with Crippen LogP contribution in [0.1, 0.15) is 33.1 Å². The van der Waals surface area contributed by atoms with Crippen molar-refractivity contribution in [1.82, 2.24) is 0 Å². The highest BCUT2D eigenvalue weighted by molar-refractivity contribution is 7.57. The fourth-order valence-corrected chi connectivity index (χ4v) is 2.57. The fraction of sp³-hybridized carbons (Fsp3) is 0.636. The molecule has 94 valence electrons. The number of rotatable bonds is 7. The molecule has 5 heteroatoms. The Morgan fingerprint density at radius 1 is 1.31 bits per heavy atom. The first-order valence-corrected chi connectivity index (χ1v) is 7.30. The maximum absolute atomic E-state index is 11.8. The Bertz CT molecular complexity index is 302. The van der Waals surface area contributed by atoms with Gasteiger partial charge in [0.05, 0.1) is 5.03 Å². The van der Waals surface area contributed by atoms with Gasteiger partial charge in [0.25, 0.3) is 0 Å². The van der Waals surface area contributed by atoms with E-state index in [1.54, 1.807) is 0 Å². The van der Waals surface area contributed by atoms with Crippen molar-refractivity contribution in [3.63, 3.8) is 0 Å². The zero-order valence-corrected chi connectivity index (χ0v) is 12.0. The molecular weight excluding hydrogens is 247 g/mol. The second-order valence-electron chi connectivity index (χ2n) is 3.27. The first-order valence-electron chi connectivity index (χ1n) is 5.31. The van der Waals surface area contributed by atoms with Gasteiger partial charge in [0.2, 0.25) is 0 Å². The molecule has 0 saturated carbocycles. The molecule has 0 aromatic rings. The molecule has 3 nitrogen and oxygen atoms in total. The van der Waals surface area contributed by atoms with Crippen molar-refractivity contribution in [2.24, 2.45) is 0 Å². The van der Waals surface area contributed by atoms with Crippen molar-refractivity contribution in [2.45, 2.75) is 33.1 Å². The van der Waals surface area contributed by atoms with Crippen LogP contribution in [0.2, 0.25) is 0 Å². The molecule has 0 atom stereocenters. The largest absolute Gasteiger partial charge is 0.355 e. The number of halogens is 1. The normalized spacial score (nSPS) is 14.3. The van der Waals surface area contributed by atoms with Crippen molar-refractivity contribution in [2.75, 3.05) is 14.2 Å². The standard InChI is InChI=1S/C11H20ClO3P/c1-5-7-10(8-6-2)11(12)9-16(13,14-3)15-4/h7,9H,5-6,8H2,1-4H3/b10-7+,11-9-. The lowest BCUT2D eigenvalue weighted by atomic mass is 10.1. The molecule has 0 aliphatic rings. The van der Waals surface area contributed by atoms with Crippen LogP contribution in [0.25, 0.3) is 0 Å². The minimum Gasteiger partial charge on any atom is -0.309 e. The van der Waals surface area contributed by atoms with Crippen molar-refractivity contribution < 1.29 is 13.6 Å². The number of hydrogen-bond donors (Lipinski definition) is 0. The van der Waals surface area contributed by atoms with Crippen molar-refractivity contribution >= 4 is 19.2 Å². The van der Waals surface area contributed by atoms with Gasteiger partial charge in [0.1, 0.15) is 0 Å². The third kappa shape index (κ3) is 5.31. The van der Waals surface area contributed by atoms with Crippen molar-refractivity contribution in [1.29, 1.82) is 0 Å². The lowest BCUT2D eigenvalue weighted by Crippen LogP contribution is -1.88. The quantitative estimate of drug-likeness (QED) is 0.495. The van der Waals surface area contributed by atoms with E-state index in [1.165, 1.54) is 20.0 Å². The third-order valence-electron chi connectivity index (χ3n) is 2.06. The van der Waals surface area contributed by atoms with E-state index in [9.17, 15) is 4.57 Å². The minimum absolute atomic E-state index is 0.454. The molecule has 0 bridgehead atoms. The molecule has 0 spiro atoms. The molecule has 0 heterocycles. The Morgan fingerprint density at radius 3 is 2.25 bits per heavy atom. The van der Waals surface area contributed by atoms with Crippen LogP contribution >= 0.6 is 19.2 Å². The molecule has 0 aromatic carbocycles. The Kier molecular flexibility index (Phi) is 8.04. The summed E-state index contributed by atoms with van der Waals surface area (Å²) in [7, 11) is -0.491. The van der Waals surface area contributed by atoms with Gasteiger partial charge in [-0.3, -0.25) is 4.57 Å². The van der Waals surface area contributed by atoms with E-state index in [2.05, 4.69) is 6.92 Å². The van der Waals surface area contributed by atoms with Crippen LogP contribution < -0.4 is 0 Å². The van der Waals surface area contributed by atoms with Crippen LogP contribution in [0.5, 0.6) is 0 Å². The summed E-state index contributed by atoms with van der Waals surface area (Å²) >= 11 is 6.11. The number of hydrogen-bond acceptors (Lipinski definition) is 3. The van der Waals surface area contributed by atoms with Crippen LogP contribution in [0.3, 0.4) is 0 Å². The van der Waals surface area contributed by atoms with Gasteiger partial charge in [-0.25, -0.2) is 0 Å². The number of allylic oxidation sites excluding steroid dienone is 3. The summed E-state index contributed by atoms with van der Waals surface area (Å²) in [6.45, 7) is 4.10. The van der Waals surface area contributed by atoms with Crippen LogP contribution in [-0.2, 0) is 13.6 Å². The molecular formula is C11H20ClO3P. The van der Waals surface area contributed by atoms with E-state index in [0.29, 0.717) is 5.03 Å².